The minimum Gasteiger partial charge on any atom is -0.342 e. The van der Waals surface area contributed by atoms with Gasteiger partial charge in [0.05, 0.1) is 6.42 Å². The number of benzene rings is 1. The van der Waals surface area contributed by atoms with Crippen LogP contribution in [0.2, 0.25) is 0 Å². The van der Waals surface area contributed by atoms with E-state index < -0.39 is 0 Å². The van der Waals surface area contributed by atoms with E-state index >= 15 is 0 Å². The van der Waals surface area contributed by atoms with Crippen molar-refractivity contribution in [2.45, 2.75) is 44.9 Å². The van der Waals surface area contributed by atoms with Crippen LogP contribution < -0.4 is 4.90 Å². The van der Waals surface area contributed by atoms with Crippen LogP contribution in [0.3, 0.4) is 0 Å². The van der Waals surface area contributed by atoms with Gasteiger partial charge in [0.1, 0.15) is 0 Å². The molecule has 4 rings (SSSR count). The topological polar surface area (TPSA) is 60.9 Å². The molecule has 0 spiro atoms. The van der Waals surface area contributed by atoms with Crippen molar-refractivity contribution in [3.8, 4) is 0 Å². The molecule has 1 aromatic rings. The SMILES string of the molecule is O=C(Cc1ccc(N2CCCC2=O)cc1)N1CCC(C(=O)N2CCCC2)CC1. The van der Waals surface area contributed by atoms with E-state index in [4.69, 9.17) is 0 Å². The number of amides is 3. The summed E-state index contributed by atoms with van der Waals surface area (Å²) in [6.07, 6.45) is 5.69. The van der Waals surface area contributed by atoms with Gasteiger partial charge < -0.3 is 14.7 Å². The molecule has 3 fully saturated rings. The van der Waals surface area contributed by atoms with Crippen LogP contribution in [0.15, 0.2) is 24.3 Å². The predicted molar refractivity (Wildman–Crippen MR) is 107 cm³/mol. The zero-order valence-corrected chi connectivity index (χ0v) is 16.4. The van der Waals surface area contributed by atoms with Gasteiger partial charge in [0.2, 0.25) is 17.7 Å². The van der Waals surface area contributed by atoms with Gasteiger partial charge in [0.25, 0.3) is 0 Å². The molecule has 6 heteroatoms. The summed E-state index contributed by atoms with van der Waals surface area (Å²) in [5.74, 6) is 0.670. The van der Waals surface area contributed by atoms with Crippen molar-refractivity contribution in [1.82, 2.24) is 9.80 Å². The van der Waals surface area contributed by atoms with Gasteiger partial charge in [-0.05, 0) is 49.8 Å². The van der Waals surface area contributed by atoms with Crippen molar-refractivity contribution in [3.63, 3.8) is 0 Å². The molecule has 150 valence electrons. The van der Waals surface area contributed by atoms with Crippen LogP contribution in [-0.2, 0) is 20.8 Å². The molecule has 3 aliphatic heterocycles. The molecule has 0 aliphatic carbocycles. The molecule has 1 aromatic carbocycles. The Bertz CT molecular complexity index is 732. The molecule has 0 N–H and O–H groups in total. The van der Waals surface area contributed by atoms with Crippen molar-refractivity contribution in [2.75, 3.05) is 37.6 Å². The van der Waals surface area contributed by atoms with E-state index in [0.29, 0.717) is 25.9 Å². The Hall–Kier alpha value is -2.37. The lowest BCUT2D eigenvalue weighted by Gasteiger charge is -2.33. The third kappa shape index (κ3) is 4.05. The summed E-state index contributed by atoms with van der Waals surface area (Å²) >= 11 is 0. The highest BCUT2D eigenvalue weighted by Gasteiger charge is 2.31. The highest BCUT2D eigenvalue weighted by molar-refractivity contribution is 5.95. The number of hydrogen-bond acceptors (Lipinski definition) is 3. The first-order chi connectivity index (χ1) is 13.6. The van der Waals surface area contributed by atoms with Crippen LogP contribution in [0, 0.1) is 5.92 Å². The lowest BCUT2D eigenvalue weighted by molar-refractivity contribution is -0.139. The maximum absolute atomic E-state index is 12.7. The summed E-state index contributed by atoms with van der Waals surface area (Å²) < 4.78 is 0. The molecule has 6 nitrogen and oxygen atoms in total. The maximum Gasteiger partial charge on any atom is 0.227 e. The van der Waals surface area contributed by atoms with Crippen LogP contribution in [0.25, 0.3) is 0 Å². The summed E-state index contributed by atoms with van der Waals surface area (Å²) in [6.45, 7) is 3.92. The van der Waals surface area contributed by atoms with Crippen LogP contribution in [0.5, 0.6) is 0 Å². The van der Waals surface area contributed by atoms with E-state index in [1.165, 1.54) is 0 Å². The van der Waals surface area contributed by atoms with Crippen LogP contribution in [-0.4, -0.2) is 60.2 Å². The standard InChI is InChI=1S/C22H29N3O3/c26-20-4-3-13-25(20)19-7-5-17(6-8-19)16-21(27)23-14-9-18(10-15-23)22(28)24-11-1-2-12-24/h5-8,18H,1-4,9-16H2. The third-order valence-electron chi connectivity index (χ3n) is 6.29. The molecule has 3 amide bonds. The summed E-state index contributed by atoms with van der Waals surface area (Å²) in [6, 6.07) is 7.77. The van der Waals surface area contributed by atoms with Crippen molar-refractivity contribution in [2.24, 2.45) is 5.92 Å². The maximum atomic E-state index is 12.7. The van der Waals surface area contributed by atoms with Crippen molar-refractivity contribution >= 4 is 23.4 Å². The zero-order valence-electron chi connectivity index (χ0n) is 16.4. The monoisotopic (exact) mass is 383 g/mol. The molecule has 0 atom stereocenters. The van der Waals surface area contributed by atoms with Gasteiger partial charge in [0.15, 0.2) is 0 Å². The van der Waals surface area contributed by atoms with Gasteiger partial charge in [-0.3, -0.25) is 14.4 Å². The second-order valence-electron chi connectivity index (χ2n) is 8.18. The molecule has 3 heterocycles. The molecule has 0 aromatic heterocycles. The van der Waals surface area contributed by atoms with E-state index in [2.05, 4.69) is 0 Å². The summed E-state index contributed by atoms with van der Waals surface area (Å²) in [5, 5.41) is 0. The number of nitrogens with zero attached hydrogens (tertiary/aromatic N) is 3. The first-order valence-electron chi connectivity index (χ1n) is 10.6. The average Bonchev–Trinajstić information content (AvgIpc) is 3.40. The average molecular weight is 383 g/mol. The van der Waals surface area contributed by atoms with Gasteiger partial charge in [-0.15, -0.1) is 0 Å². The largest absolute Gasteiger partial charge is 0.342 e. The fourth-order valence-electron chi connectivity index (χ4n) is 4.57. The first kappa shape index (κ1) is 19.0. The van der Waals surface area contributed by atoms with Crippen LogP contribution in [0.4, 0.5) is 5.69 Å². The molecular formula is C22H29N3O3. The Morgan fingerprint density at radius 3 is 2.14 bits per heavy atom. The molecule has 28 heavy (non-hydrogen) atoms. The number of piperidine rings is 1. The minimum absolute atomic E-state index is 0.0828. The Morgan fingerprint density at radius 1 is 0.857 bits per heavy atom. The minimum atomic E-state index is 0.0828. The van der Waals surface area contributed by atoms with Gasteiger partial charge in [-0.25, -0.2) is 0 Å². The summed E-state index contributed by atoms with van der Waals surface area (Å²) in [4.78, 5) is 42.7. The summed E-state index contributed by atoms with van der Waals surface area (Å²) in [7, 11) is 0. The highest BCUT2D eigenvalue weighted by Crippen LogP contribution is 2.24. The fraction of sp³-hybridized carbons (Fsp3) is 0.591. The second kappa shape index (κ2) is 8.33. The zero-order chi connectivity index (χ0) is 19.5. The molecule has 3 aliphatic rings. The quantitative estimate of drug-likeness (QED) is 0.801. The molecule has 0 unspecified atom stereocenters. The van der Waals surface area contributed by atoms with Crippen molar-refractivity contribution in [1.29, 1.82) is 0 Å². The van der Waals surface area contributed by atoms with Gasteiger partial charge >= 0.3 is 0 Å². The molecule has 3 saturated heterocycles. The smallest absolute Gasteiger partial charge is 0.227 e. The number of carbonyl (C=O) groups excluding carboxylic acids is 3. The van der Waals surface area contributed by atoms with Gasteiger partial charge in [-0.1, -0.05) is 12.1 Å². The molecule has 0 bridgehead atoms. The van der Waals surface area contributed by atoms with E-state index in [1.54, 1.807) is 0 Å². The van der Waals surface area contributed by atoms with E-state index in [1.807, 2.05) is 39.0 Å². The number of carbonyl (C=O) groups is 3. The normalized spacial score (nSPS) is 20.9. The third-order valence-corrected chi connectivity index (χ3v) is 6.29. The molecular weight excluding hydrogens is 354 g/mol. The lowest BCUT2D eigenvalue weighted by atomic mass is 9.95. The van der Waals surface area contributed by atoms with E-state index in [-0.39, 0.29) is 23.6 Å². The Kier molecular flexibility index (Phi) is 5.64. The van der Waals surface area contributed by atoms with Crippen molar-refractivity contribution in [3.05, 3.63) is 29.8 Å². The summed E-state index contributed by atoms with van der Waals surface area (Å²) in [5.41, 5.74) is 1.88. The van der Waals surface area contributed by atoms with E-state index in [0.717, 1.165) is 63.0 Å². The van der Waals surface area contributed by atoms with Crippen LogP contribution in [0.1, 0.15) is 44.1 Å². The highest BCUT2D eigenvalue weighted by atomic mass is 16.2. The van der Waals surface area contributed by atoms with Crippen LogP contribution >= 0.6 is 0 Å². The number of anilines is 1. The number of likely N-dealkylation sites (tertiary alicyclic amines) is 2. The predicted octanol–water partition coefficient (Wildman–Crippen LogP) is 2.22. The fourth-order valence-corrected chi connectivity index (χ4v) is 4.57. The van der Waals surface area contributed by atoms with E-state index in [9.17, 15) is 14.4 Å². The number of rotatable bonds is 4. The van der Waals surface area contributed by atoms with Crippen molar-refractivity contribution < 1.29 is 14.4 Å². The Morgan fingerprint density at radius 2 is 1.54 bits per heavy atom. The van der Waals surface area contributed by atoms with Gasteiger partial charge in [0, 0.05) is 50.7 Å². The lowest BCUT2D eigenvalue weighted by Crippen LogP contribution is -2.44. The second-order valence-corrected chi connectivity index (χ2v) is 8.18. The molecule has 0 saturated carbocycles. The molecule has 0 radical (unpaired) electrons. The Balaban J connectivity index is 1.27. The van der Waals surface area contributed by atoms with Gasteiger partial charge in [-0.2, -0.15) is 0 Å². The number of hydrogen-bond donors (Lipinski definition) is 0. The Labute approximate surface area is 166 Å². The first-order valence-corrected chi connectivity index (χ1v) is 10.6.